The second-order valence-electron chi connectivity index (χ2n) is 7.47. The van der Waals surface area contributed by atoms with Crippen molar-refractivity contribution in [2.75, 3.05) is 31.6 Å². The Labute approximate surface area is 147 Å². The van der Waals surface area contributed by atoms with Crippen molar-refractivity contribution in [3.05, 3.63) is 35.7 Å². The maximum absolute atomic E-state index is 5.68. The molecule has 5 heterocycles. The molecular weight excluding hydrogens is 316 g/mol. The number of rotatable bonds is 3. The Morgan fingerprint density at radius 3 is 2.68 bits per heavy atom. The monoisotopic (exact) mass is 340 g/mol. The van der Waals surface area contributed by atoms with Gasteiger partial charge in [-0.25, -0.2) is 0 Å². The van der Waals surface area contributed by atoms with Crippen LogP contribution in [0.2, 0.25) is 0 Å². The Balaban J connectivity index is 1.58. The number of fused-ring (bicyclic) bond motifs is 2. The molecule has 0 spiro atoms. The predicted molar refractivity (Wildman–Crippen MR) is 94.0 cm³/mol. The van der Waals surface area contributed by atoms with E-state index in [1.807, 2.05) is 13.0 Å². The number of aryl methyl sites for hydroxylation is 1. The summed E-state index contributed by atoms with van der Waals surface area (Å²) in [5.74, 6) is 3.49. The van der Waals surface area contributed by atoms with Crippen molar-refractivity contribution < 1.29 is 9.26 Å². The fraction of sp³-hybridized carbons (Fsp3) is 0.579. The van der Waals surface area contributed by atoms with Crippen LogP contribution in [0, 0.1) is 12.8 Å². The second-order valence-corrected chi connectivity index (χ2v) is 7.47. The summed E-state index contributed by atoms with van der Waals surface area (Å²) in [5, 5.41) is 4.23. The van der Waals surface area contributed by atoms with Crippen LogP contribution in [0.15, 0.2) is 28.8 Å². The molecule has 6 heteroatoms. The van der Waals surface area contributed by atoms with E-state index >= 15 is 0 Å². The van der Waals surface area contributed by atoms with Crippen molar-refractivity contribution in [1.82, 2.24) is 15.0 Å². The summed E-state index contributed by atoms with van der Waals surface area (Å²) >= 11 is 0. The van der Waals surface area contributed by atoms with E-state index in [2.05, 4.69) is 38.1 Å². The Morgan fingerprint density at radius 2 is 1.96 bits per heavy atom. The number of hydrogen-bond acceptors (Lipinski definition) is 6. The first-order valence-electron chi connectivity index (χ1n) is 9.20. The van der Waals surface area contributed by atoms with E-state index < -0.39 is 0 Å². The molecular formula is C19H24N4O2. The van der Waals surface area contributed by atoms with Crippen LogP contribution in [0.1, 0.15) is 30.2 Å². The van der Waals surface area contributed by atoms with E-state index in [0.717, 1.165) is 18.2 Å². The summed E-state index contributed by atoms with van der Waals surface area (Å²) in [7, 11) is 1.76. The molecule has 4 fully saturated rings. The molecule has 132 valence electrons. The Bertz CT molecular complexity index is 768. The minimum atomic E-state index is 0.406. The minimum absolute atomic E-state index is 0.406. The Kier molecular flexibility index (Phi) is 3.48. The van der Waals surface area contributed by atoms with Gasteiger partial charge in [-0.1, -0.05) is 18.2 Å². The van der Waals surface area contributed by atoms with E-state index in [0.29, 0.717) is 29.8 Å². The molecule has 6 nitrogen and oxygen atoms in total. The maximum atomic E-state index is 5.68. The maximum Gasteiger partial charge on any atom is 0.266 e. The van der Waals surface area contributed by atoms with Crippen LogP contribution in [0.4, 0.5) is 5.95 Å². The van der Waals surface area contributed by atoms with Crippen molar-refractivity contribution in [3.63, 3.8) is 0 Å². The molecule has 3 atom stereocenters. The lowest BCUT2D eigenvalue weighted by Crippen LogP contribution is -2.60. The quantitative estimate of drug-likeness (QED) is 0.855. The standard InChI is InChI=1S/C19H24N4O2/c1-12-20-19(21-25-12)23-11-15(14-5-3-4-6-16(14)24-2)18-17(23)13-7-9-22(18)10-8-13/h3-6,13,15,17-18H,7-11H2,1-2H3/t15-,17+,18+/m1/s1. The topological polar surface area (TPSA) is 54.6 Å². The van der Waals surface area contributed by atoms with Crippen LogP contribution >= 0.6 is 0 Å². The SMILES string of the molecule is COc1ccccc1[C@H]1CN(c2noc(C)n2)[C@H]2C3CCN(CC3)[C@@H]12. The van der Waals surface area contributed by atoms with Crippen LogP contribution in [0.3, 0.4) is 0 Å². The van der Waals surface area contributed by atoms with Crippen molar-refractivity contribution in [3.8, 4) is 5.75 Å². The largest absolute Gasteiger partial charge is 0.496 e. The van der Waals surface area contributed by atoms with Gasteiger partial charge in [0.2, 0.25) is 5.89 Å². The van der Waals surface area contributed by atoms with Gasteiger partial charge >= 0.3 is 0 Å². The molecule has 0 N–H and O–H groups in total. The first kappa shape index (κ1) is 15.2. The van der Waals surface area contributed by atoms with Gasteiger partial charge in [0, 0.05) is 31.0 Å². The molecule has 0 amide bonds. The Morgan fingerprint density at radius 1 is 1.16 bits per heavy atom. The zero-order chi connectivity index (χ0) is 17.0. The molecule has 2 bridgehead atoms. The highest BCUT2D eigenvalue weighted by Crippen LogP contribution is 2.48. The predicted octanol–water partition coefficient (Wildman–Crippen LogP) is 2.45. The summed E-state index contributed by atoms with van der Waals surface area (Å²) in [6.07, 6.45) is 2.54. The number of benzene rings is 1. The van der Waals surface area contributed by atoms with Gasteiger partial charge in [0.1, 0.15) is 5.75 Å². The molecule has 4 aliphatic rings. The third-order valence-electron chi connectivity index (χ3n) is 6.31. The molecule has 2 aromatic rings. The molecule has 0 unspecified atom stereocenters. The van der Waals surface area contributed by atoms with Gasteiger partial charge in [-0.2, -0.15) is 4.98 Å². The Hall–Kier alpha value is -2.08. The van der Waals surface area contributed by atoms with Gasteiger partial charge in [0.05, 0.1) is 13.2 Å². The van der Waals surface area contributed by atoms with E-state index in [1.54, 1.807) is 7.11 Å². The highest BCUT2D eigenvalue weighted by Gasteiger charge is 2.54. The molecule has 0 aliphatic carbocycles. The lowest BCUT2D eigenvalue weighted by molar-refractivity contribution is 0.0350. The third-order valence-corrected chi connectivity index (χ3v) is 6.31. The number of piperidine rings is 3. The lowest BCUT2D eigenvalue weighted by atomic mass is 9.75. The van der Waals surface area contributed by atoms with Crippen molar-refractivity contribution in [2.24, 2.45) is 5.92 Å². The van der Waals surface area contributed by atoms with Gasteiger partial charge in [0.25, 0.3) is 5.95 Å². The molecule has 6 rings (SSSR count). The second kappa shape index (κ2) is 5.73. The summed E-state index contributed by atoms with van der Waals surface area (Å²) in [6.45, 7) is 5.19. The van der Waals surface area contributed by atoms with E-state index in [4.69, 9.17) is 9.26 Å². The highest BCUT2D eigenvalue weighted by molar-refractivity contribution is 5.46. The molecule has 25 heavy (non-hydrogen) atoms. The zero-order valence-electron chi connectivity index (χ0n) is 14.8. The van der Waals surface area contributed by atoms with Crippen LogP contribution < -0.4 is 9.64 Å². The average Bonchev–Trinajstić information content (AvgIpc) is 3.27. The molecule has 4 aliphatic heterocycles. The molecule has 1 aromatic carbocycles. The van der Waals surface area contributed by atoms with Gasteiger partial charge < -0.3 is 14.2 Å². The molecule has 0 radical (unpaired) electrons. The summed E-state index contributed by atoms with van der Waals surface area (Å²) < 4.78 is 11.0. The first-order valence-corrected chi connectivity index (χ1v) is 9.20. The fourth-order valence-corrected chi connectivity index (χ4v) is 5.30. The number of aromatic nitrogens is 2. The first-order chi connectivity index (χ1) is 12.3. The van der Waals surface area contributed by atoms with Crippen LogP contribution in [-0.2, 0) is 0 Å². The van der Waals surface area contributed by atoms with Gasteiger partial charge in [-0.3, -0.25) is 4.90 Å². The molecule has 1 aromatic heterocycles. The smallest absolute Gasteiger partial charge is 0.266 e. The number of ether oxygens (including phenoxy) is 1. The number of hydrogen-bond donors (Lipinski definition) is 0. The third kappa shape index (κ3) is 2.27. The van der Waals surface area contributed by atoms with Crippen molar-refractivity contribution in [2.45, 2.75) is 37.8 Å². The number of nitrogens with zero attached hydrogens (tertiary/aromatic N) is 4. The molecule has 4 saturated heterocycles. The summed E-state index contributed by atoms with van der Waals surface area (Å²) in [5.41, 5.74) is 1.30. The van der Waals surface area contributed by atoms with Gasteiger partial charge in [-0.15, -0.1) is 0 Å². The lowest BCUT2D eigenvalue weighted by Gasteiger charge is -2.51. The van der Waals surface area contributed by atoms with Crippen molar-refractivity contribution in [1.29, 1.82) is 0 Å². The summed E-state index contributed by atoms with van der Waals surface area (Å²) in [6, 6.07) is 9.42. The normalized spacial score (nSPS) is 33.5. The van der Waals surface area contributed by atoms with E-state index in [9.17, 15) is 0 Å². The number of methoxy groups -OCH3 is 1. The van der Waals surface area contributed by atoms with E-state index in [-0.39, 0.29) is 0 Å². The van der Waals surface area contributed by atoms with E-state index in [1.165, 1.54) is 31.5 Å². The zero-order valence-corrected chi connectivity index (χ0v) is 14.8. The number of anilines is 1. The van der Waals surface area contributed by atoms with Crippen LogP contribution in [0.5, 0.6) is 5.75 Å². The highest BCUT2D eigenvalue weighted by atomic mass is 16.5. The van der Waals surface area contributed by atoms with Crippen molar-refractivity contribution >= 4 is 5.95 Å². The van der Waals surface area contributed by atoms with Gasteiger partial charge in [-0.05, 0) is 43.1 Å². The summed E-state index contributed by atoms with van der Waals surface area (Å²) in [4.78, 5) is 9.61. The molecule has 0 saturated carbocycles. The van der Waals surface area contributed by atoms with Crippen LogP contribution in [0.25, 0.3) is 0 Å². The number of para-hydroxylation sites is 1. The fourth-order valence-electron chi connectivity index (χ4n) is 5.30. The van der Waals surface area contributed by atoms with Gasteiger partial charge in [0.15, 0.2) is 0 Å². The van der Waals surface area contributed by atoms with Crippen LogP contribution in [-0.4, -0.2) is 53.9 Å². The average molecular weight is 340 g/mol. The minimum Gasteiger partial charge on any atom is -0.496 e.